The monoisotopic (exact) mass is 529 g/mol. The van der Waals surface area contributed by atoms with Gasteiger partial charge in [-0.05, 0) is 18.2 Å². The second kappa shape index (κ2) is 10.6. The second-order valence-corrected chi connectivity index (χ2v) is 9.32. The average molecular weight is 530 g/mol. The van der Waals surface area contributed by atoms with Gasteiger partial charge in [0.25, 0.3) is 11.8 Å². The third-order valence-corrected chi connectivity index (χ3v) is 6.81. The van der Waals surface area contributed by atoms with Gasteiger partial charge in [0.05, 0.1) is 44.9 Å². The molecule has 2 aromatic heterocycles. The molecule has 0 spiro atoms. The van der Waals surface area contributed by atoms with Gasteiger partial charge in [-0.25, -0.2) is 9.67 Å². The fourth-order valence-corrected chi connectivity index (χ4v) is 4.82. The molecule has 1 saturated heterocycles. The second-order valence-electron chi connectivity index (χ2n) is 9.32. The van der Waals surface area contributed by atoms with E-state index in [1.807, 2.05) is 30.3 Å². The molecule has 2 N–H and O–H groups in total. The van der Waals surface area contributed by atoms with Gasteiger partial charge in [-0.2, -0.15) is 0 Å². The van der Waals surface area contributed by atoms with Gasteiger partial charge in [0, 0.05) is 24.2 Å². The zero-order valence-electron chi connectivity index (χ0n) is 21.2. The lowest BCUT2D eigenvalue weighted by Gasteiger charge is -2.20. The minimum absolute atomic E-state index is 0.181. The van der Waals surface area contributed by atoms with Gasteiger partial charge >= 0.3 is 0 Å². The minimum atomic E-state index is -0.467. The van der Waals surface area contributed by atoms with Crippen LogP contribution in [0.3, 0.4) is 0 Å². The summed E-state index contributed by atoms with van der Waals surface area (Å²) in [5.41, 5.74) is 2.83. The van der Waals surface area contributed by atoms with Crippen LogP contribution in [0.4, 0.5) is 0 Å². The number of carbonyl (C=O) groups is 2. The zero-order valence-corrected chi connectivity index (χ0v) is 21.2. The first-order valence-corrected chi connectivity index (χ1v) is 12.6. The van der Waals surface area contributed by atoms with Crippen molar-refractivity contribution in [2.45, 2.75) is 25.3 Å². The topological polar surface area (TPSA) is 136 Å². The van der Waals surface area contributed by atoms with Crippen LogP contribution < -0.4 is 14.8 Å². The van der Waals surface area contributed by atoms with Crippen molar-refractivity contribution in [2.24, 2.45) is 0 Å². The number of nitrogens with one attached hydrogen (secondary N) is 2. The number of hydrogen-bond donors (Lipinski definition) is 2. The van der Waals surface area contributed by atoms with Crippen LogP contribution in [-0.4, -0.2) is 80.6 Å². The van der Waals surface area contributed by atoms with E-state index in [1.165, 1.54) is 6.33 Å². The maximum Gasteiger partial charge on any atom is 0.272 e. The third kappa shape index (κ3) is 5.06. The first-order valence-electron chi connectivity index (χ1n) is 12.6. The summed E-state index contributed by atoms with van der Waals surface area (Å²) in [6, 6.07) is 14.1. The van der Waals surface area contributed by atoms with Crippen molar-refractivity contribution in [3.8, 4) is 22.8 Å². The molecule has 200 valence electrons. The predicted octanol–water partition coefficient (Wildman–Crippen LogP) is 1.91. The lowest BCUT2D eigenvalue weighted by molar-refractivity contribution is 0.0290. The summed E-state index contributed by atoms with van der Waals surface area (Å²) < 4.78 is 19.2. The number of amides is 2. The molecule has 12 nitrogen and oxygen atoms in total. The molecule has 0 radical (unpaired) electrons. The number of nitrogens with zero attached hydrogens (tertiary/aromatic N) is 5. The number of imidazole rings is 1. The van der Waals surface area contributed by atoms with Crippen LogP contribution in [0.2, 0.25) is 0 Å². The number of methoxy groups -OCH3 is 1. The van der Waals surface area contributed by atoms with E-state index in [9.17, 15) is 9.59 Å². The Morgan fingerprint density at radius 3 is 2.85 bits per heavy atom. The van der Waals surface area contributed by atoms with Crippen molar-refractivity contribution in [1.29, 1.82) is 0 Å². The molecule has 2 aliphatic rings. The molecule has 4 bridgehead atoms. The van der Waals surface area contributed by atoms with Crippen LogP contribution in [0, 0.1) is 0 Å². The quantitative estimate of drug-likeness (QED) is 0.411. The molecule has 0 aliphatic carbocycles. The summed E-state index contributed by atoms with van der Waals surface area (Å²) in [5, 5.41) is 11.4. The van der Waals surface area contributed by atoms with Gasteiger partial charge in [0.2, 0.25) is 0 Å². The number of aromatic amines is 1. The Kier molecular flexibility index (Phi) is 6.68. The number of aromatic nitrogens is 5. The predicted molar refractivity (Wildman–Crippen MR) is 138 cm³/mol. The first kappa shape index (κ1) is 24.6. The smallest absolute Gasteiger partial charge is 0.272 e. The van der Waals surface area contributed by atoms with E-state index < -0.39 is 12.1 Å². The van der Waals surface area contributed by atoms with Crippen LogP contribution >= 0.6 is 0 Å². The van der Waals surface area contributed by atoms with Crippen molar-refractivity contribution < 1.29 is 23.8 Å². The van der Waals surface area contributed by atoms with Crippen molar-refractivity contribution in [2.75, 3.05) is 26.8 Å². The molecule has 2 amide bonds. The van der Waals surface area contributed by atoms with Crippen LogP contribution in [0.25, 0.3) is 11.3 Å². The summed E-state index contributed by atoms with van der Waals surface area (Å²) >= 11 is 0. The maximum absolute atomic E-state index is 13.6. The van der Waals surface area contributed by atoms with Crippen molar-refractivity contribution >= 4 is 11.8 Å². The van der Waals surface area contributed by atoms with Gasteiger partial charge < -0.3 is 29.4 Å². The summed E-state index contributed by atoms with van der Waals surface area (Å²) in [6.07, 6.45) is 2.83. The Labute approximate surface area is 223 Å². The molecular formula is C27H27N7O5. The molecule has 0 unspecified atom stereocenters. The summed E-state index contributed by atoms with van der Waals surface area (Å²) in [4.78, 5) is 35.9. The third-order valence-electron chi connectivity index (χ3n) is 6.81. The summed E-state index contributed by atoms with van der Waals surface area (Å²) in [7, 11) is 1.54. The first-order chi connectivity index (χ1) is 19.1. The molecule has 0 saturated carbocycles. The molecule has 2 aromatic carbocycles. The fourth-order valence-electron chi connectivity index (χ4n) is 4.82. The normalized spacial score (nSPS) is 19.3. The number of benzene rings is 2. The van der Waals surface area contributed by atoms with Gasteiger partial charge in [-0.15, -0.1) is 5.10 Å². The number of likely N-dealkylation sites (tertiary alicyclic amines) is 1. The lowest BCUT2D eigenvalue weighted by Crippen LogP contribution is -2.44. The maximum atomic E-state index is 13.6. The van der Waals surface area contributed by atoms with Crippen LogP contribution in [0.1, 0.15) is 26.5 Å². The molecule has 4 heterocycles. The Hall–Kier alpha value is -4.71. The van der Waals surface area contributed by atoms with E-state index in [-0.39, 0.29) is 31.5 Å². The van der Waals surface area contributed by atoms with Gasteiger partial charge in [-0.1, -0.05) is 35.5 Å². The highest BCUT2D eigenvalue weighted by Crippen LogP contribution is 2.29. The number of carbonyl (C=O) groups excluding carboxylic acids is 2. The molecule has 1 fully saturated rings. The number of ether oxygens (including phenoxy) is 3. The van der Waals surface area contributed by atoms with Crippen LogP contribution in [-0.2, 0) is 17.9 Å². The Morgan fingerprint density at radius 1 is 1.13 bits per heavy atom. The van der Waals surface area contributed by atoms with E-state index in [4.69, 9.17) is 14.2 Å². The van der Waals surface area contributed by atoms with E-state index in [1.54, 1.807) is 41.1 Å². The zero-order chi connectivity index (χ0) is 26.8. The fraction of sp³-hybridized carbons (Fsp3) is 0.296. The molecule has 12 heteroatoms. The average Bonchev–Trinajstić information content (AvgIpc) is 3.72. The molecule has 6 rings (SSSR count). The Morgan fingerprint density at radius 2 is 2.00 bits per heavy atom. The van der Waals surface area contributed by atoms with Crippen molar-refractivity contribution in [3.63, 3.8) is 0 Å². The van der Waals surface area contributed by atoms with E-state index in [0.717, 1.165) is 5.56 Å². The van der Waals surface area contributed by atoms with E-state index in [0.29, 0.717) is 47.3 Å². The van der Waals surface area contributed by atoms with E-state index in [2.05, 4.69) is 25.6 Å². The van der Waals surface area contributed by atoms with Gasteiger partial charge in [0.1, 0.15) is 23.7 Å². The van der Waals surface area contributed by atoms with Gasteiger partial charge in [-0.3, -0.25) is 9.59 Å². The highest BCUT2D eigenvalue weighted by molar-refractivity contribution is 5.99. The molecule has 2 atom stereocenters. The molecule has 4 aromatic rings. The van der Waals surface area contributed by atoms with Crippen molar-refractivity contribution in [1.82, 2.24) is 35.2 Å². The SMILES string of the molecule is COc1ccc2cc1OCCn1cc(nn1)CO[C@H]1CN(C(=O)c3[nH]cnc3-c3ccccc3)C[C@@H]1NC2=O. The molecule has 2 aliphatic heterocycles. The van der Waals surface area contributed by atoms with Crippen LogP contribution in [0.15, 0.2) is 61.1 Å². The number of hydrogen-bond acceptors (Lipinski definition) is 8. The number of fused-ring (bicyclic) bond motifs is 5. The summed E-state index contributed by atoms with van der Waals surface area (Å²) in [6.45, 7) is 1.48. The van der Waals surface area contributed by atoms with Gasteiger partial charge in [0.15, 0.2) is 11.5 Å². The standard InChI is InChI=1S/C27H27N7O5/c1-37-21-8-7-18-11-22(21)38-10-9-34-12-19(31-32-34)15-39-23-14-33(13-20(23)30-26(18)35)27(36)25-24(28-16-29-25)17-5-3-2-4-6-17/h2-8,11-12,16,20,23H,9-10,13-15H2,1H3,(H,28,29)(H,30,35)/t20-,23-/m0/s1. The highest BCUT2D eigenvalue weighted by Gasteiger charge is 2.39. The highest BCUT2D eigenvalue weighted by atomic mass is 16.5. The van der Waals surface area contributed by atoms with Crippen LogP contribution in [0.5, 0.6) is 11.5 Å². The lowest BCUT2D eigenvalue weighted by atomic mass is 10.1. The Bertz CT molecular complexity index is 1480. The Balaban J connectivity index is 1.28. The number of H-pyrrole nitrogens is 1. The largest absolute Gasteiger partial charge is 0.493 e. The summed E-state index contributed by atoms with van der Waals surface area (Å²) in [5.74, 6) is 0.435. The molecular weight excluding hydrogens is 502 g/mol. The molecule has 39 heavy (non-hydrogen) atoms. The number of rotatable bonds is 3. The van der Waals surface area contributed by atoms with E-state index >= 15 is 0 Å². The minimum Gasteiger partial charge on any atom is -0.493 e. The van der Waals surface area contributed by atoms with Crippen molar-refractivity contribution in [3.05, 3.63) is 78.0 Å².